The summed E-state index contributed by atoms with van der Waals surface area (Å²) in [7, 11) is 0. The second-order valence-electron chi connectivity index (χ2n) is 12.6. The highest BCUT2D eigenvalue weighted by Gasteiger charge is 2.59. The van der Waals surface area contributed by atoms with E-state index in [4.69, 9.17) is 9.90 Å². The Kier molecular flexibility index (Phi) is 8.59. The Labute approximate surface area is 201 Å². The first-order valence-corrected chi connectivity index (χ1v) is 13.5. The Bertz CT molecular complexity index is 706. The average Bonchev–Trinajstić information content (AvgIpc) is 3.11. The van der Waals surface area contributed by atoms with Crippen LogP contribution in [-0.4, -0.2) is 22.5 Å². The minimum absolute atomic E-state index is 0.0766. The summed E-state index contributed by atoms with van der Waals surface area (Å²) in [6.45, 7) is 12.6. The zero-order chi connectivity index (χ0) is 24.4. The van der Waals surface area contributed by atoms with Crippen molar-refractivity contribution in [1.82, 2.24) is 0 Å². The van der Waals surface area contributed by atoms with Crippen LogP contribution in [0.3, 0.4) is 0 Å². The normalized spacial score (nSPS) is 40.5. The van der Waals surface area contributed by atoms with Gasteiger partial charge >= 0.3 is 6.16 Å². The maximum atomic E-state index is 10.2. The molecule has 8 atom stereocenters. The second kappa shape index (κ2) is 10.7. The number of nitrogens with two attached hydrogens (primary N) is 1. The predicted octanol–water partition coefficient (Wildman–Crippen LogP) is 6.94. The van der Waals surface area contributed by atoms with E-state index in [0.717, 1.165) is 48.3 Å². The van der Waals surface area contributed by atoms with Crippen molar-refractivity contribution < 1.29 is 19.8 Å². The van der Waals surface area contributed by atoms with Crippen LogP contribution in [0.1, 0.15) is 105 Å². The van der Waals surface area contributed by atoms with Crippen molar-refractivity contribution in [2.24, 2.45) is 52.2 Å². The summed E-state index contributed by atoms with van der Waals surface area (Å²) in [5.74, 6) is 9.53. The van der Waals surface area contributed by atoms with Crippen LogP contribution >= 0.6 is 0 Å². The molecule has 0 aromatic rings. The van der Waals surface area contributed by atoms with Gasteiger partial charge in [-0.05, 0) is 97.7 Å². The molecule has 0 unspecified atom stereocenters. The van der Waals surface area contributed by atoms with Crippen LogP contribution < -0.4 is 5.90 Å². The highest BCUT2D eigenvalue weighted by molar-refractivity contribution is 5.56. The van der Waals surface area contributed by atoms with Gasteiger partial charge in [-0.3, -0.25) is 0 Å². The van der Waals surface area contributed by atoms with E-state index < -0.39 is 6.16 Å². The molecular formula is C28H49NO4. The van der Waals surface area contributed by atoms with Crippen LogP contribution in [0.4, 0.5) is 4.79 Å². The Morgan fingerprint density at radius 3 is 2.45 bits per heavy atom. The number of hydrogen-bond donors (Lipinski definition) is 3. The molecule has 0 spiro atoms. The van der Waals surface area contributed by atoms with Gasteiger partial charge in [0.2, 0.25) is 0 Å². The third-order valence-corrected chi connectivity index (χ3v) is 10.4. The van der Waals surface area contributed by atoms with Gasteiger partial charge in [-0.25, -0.2) is 4.79 Å². The lowest BCUT2D eigenvalue weighted by Gasteiger charge is -2.58. The maximum Gasteiger partial charge on any atom is 0.524 e. The molecule has 0 aromatic heterocycles. The number of allylic oxidation sites excluding steroid dienone is 1. The average molecular weight is 464 g/mol. The van der Waals surface area contributed by atoms with Gasteiger partial charge in [-0.2, -0.15) is 5.90 Å². The third-order valence-electron chi connectivity index (χ3n) is 10.4. The lowest BCUT2D eigenvalue weighted by atomic mass is 9.47. The van der Waals surface area contributed by atoms with Crippen LogP contribution in [0.5, 0.6) is 0 Å². The van der Waals surface area contributed by atoms with Gasteiger partial charge in [-0.1, -0.05) is 65.5 Å². The van der Waals surface area contributed by atoms with E-state index in [1.807, 2.05) is 0 Å². The van der Waals surface area contributed by atoms with Gasteiger partial charge in [0.25, 0.3) is 0 Å². The summed E-state index contributed by atoms with van der Waals surface area (Å²) in [6.07, 6.45) is 15.7. The molecular weight excluding hydrogens is 414 g/mol. The molecule has 0 aromatic carbocycles. The molecule has 0 aliphatic heterocycles. The topological polar surface area (TPSA) is 92.8 Å². The van der Waals surface area contributed by atoms with E-state index in [2.05, 4.69) is 51.4 Å². The van der Waals surface area contributed by atoms with E-state index in [-0.39, 0.29) is 6.10 Å². The van der Waals surface area contributed by atoms with Gasteiger partial charge in [0.15, 0.2) is 0 Å². The number of aliphatic hydroxyl groups excluding tert-OH is 1. The first kappa shape index (κ1) is 26.5. The van der Waals surface area contributed by atoms with Crippen molar-refractivity contribution in [1.29, 1.82) is 0 Å². The van der Waals surface area contributed by atoms with Crippen LogP contribution in [-0.2, 0) is 4.84 Å². The SMILES string of the molecule is CC(C)CCC[C@@H](C)[C@H]1CC[C@H]2[C@@H]3CC=C4C[C@@H](O)CC[C@]4(C)[C@H]3CC[C@]12C.NOC(=O)O. The van der Waals surface area contributed by atoms with Gasteiger partial charge in [0.05, 0.1) is 6.10 Å². The van der Waals surface area contributed by atoms with E-state index in [1.54, 1.807) is 5.57 Å². The fraction of sp³-hybridized carbons (Fsp3) is 0.893. The Morgan fingerprint density at radius 2 is 1.82 bits per heavy atom. The summed E-state index contributed by atoms with van der Waals surface area (Å²) in [6, 6.07) is 0. The van der Waals surface area contributed by atoms with Crippen molar-refractivity contribution in [2.75, 3.05) is 0 Å². The minimum atomic E-state index is -1.47. The monoisotopic (exact) mass is 463 g/mol. The van der Waals surface area contributed by atoms with Crippen LogP contribution in [0.25, 0.3) is 0 Å². The van der Waals surface area contributed by atoms with E-state index >= 15 is 0 Å². The number of fused-ring (bicyclic) bond motifs is 5. The zero-order valence-corrected chi connectivity index (χ0v) is 21.7. The summed E-state index contributed by atoms with van der Waals surface area (Å²) >= 11 is 0. The van der Waals surface area contributed by atoms with Crippen LogP contribution in [0.2, 0.25) is 0 Å². The number of carbonyl (C=O) groups is 1. The molecule has 0 bridgehead atoms. The molecule has 0 heterocycles. The number of aliphatic hydroxyl groups is 1. The fourth-order valence-electron chi connectivity index (χ4n) is 8.67. The first-order valence-electron chi connectivity index (χ1n) is 13.5. The summed E-state index contributed by atoms with van der Waals surface area (Å²) < 4.78 is 0. The smallest absolute Gasteiger partial charge is 0.448 e. The minimum Gasteiger partial charge on any atom is -0.448 e. The zero-order valence-electron chi connectivity index (χ0n) is 21.7. The van der Waals surface area contributed by atoms with E-state index in [9.17, 15) is 5.11 Å². The lowest BCUT2D eigenvalue weighted by Crippen LogP contribution is -2.50. The molecule has 5 nitrogen and oxygen atoms in total. The Morgan fingerprint density at radius 1 is 1.12 bits per heavy atom. The summed E-state index contributed by atoms with van der Waals surface area (Å²) in [4.78, 5) is 12.2. The van der Waals surface area contributed by atoms with Crippen LogP contribution in [0.15, 0.2) is 11.6 Å². The molecule has 0 radical (unpaired) electrons. The van der Waals surface area contributed by atoms with Crippen molar-refractivity contribution in [2.45, 2.75) is 111 Å². The molecule has 0 amide bonds. The van der Waals surface area contributed by atoms with Crippen molar-refractivity contribution in [3.8, 4) is 0 Å². The van der Waals surface area contributed by atoms with Crippen molar-refractivity contribution in [3.05, 3.63) is 11.6 Å². The summed E-state index contributed by atoms with van der Waals surface area (Å²) in [5, 5.41) is 17.6. The molecule has 190 valence electrons. The van der Waals surface area contributed by atoms with Crippen molar-refractivity contribution in [3.63, 3.8) is 0 Å². The summed E-state index contributed by atoms with van der Waals surface area (Å²) in [5.41, 5.74) is 2.60. The molecule has 5 heteroatoms. The number of carboxylic acid groups (broad SMARTS) is 1. The highest BCUT2D eigenvalue weighted by atomic mass is 16.7. The fourth-order valence-corrected chi connectivity index (χ4v) is 8.67. The molecule has 4 N–H and O–H groups in total. The third kappa shape index (κ3) is 5.45. The molecule has 4 aliphatic rings. The number of rotatable bonds is 5. The maximum absolute atomic E-state index is 10.2. The molecule has 3 saturated carbocycles. The first-order chi connectivity index (χ1) is 15.5. The molecule has 3 fully saturated rings. The molecule has 4 aliphatic carbocycles. The predicted molar refractivity (Wildman–Crippen MR) is 132 cm³/mol. The second-order valence-corrected chi connectivity index (χ2v) is 12.6. The van der Waals surface area contributed by atoms with E-state index in [1.165, 1.54) is 57.8 Å². The van der Waals surface area contributed by atoms with Gasteiger partial charge in [0, 0.05) is 0 Å². The molecule has 0 saturated heterocycles. The van der Waals surface area contributed by atoms with Gasteiger partial charge in [0.1, 0.15) is 0 Å². The van der Waals surface area contributed by atoms with E-state index in [0.29, 0.717) is 10.8 Å². The molecule has 33 heavy (non-hydrogen) atoms. The Hall–Kier alpha value is -1.07. The van der Waals surface area contributed by atoms with Gasteiger partial charge < -0.3 is 15.1 Å². The van der Waals surface area contributed by atoms with Crippen LogP contribution in [0, 0.1) is 46.3 Å². The highest BCUT2D eigenvalue weighted by Crippen LogP contribution is 2.67. The molecule has 4 rings (SSSR count). The lowest BCUT2D eigenvalue weighted by molar-refractivity contribution is -0.0573. The number of hydrogen-bond acceptors (Lipinski definition) is 4. The largest absolute Gasteiger partial charge is 0.524 e. The standard InChI is InChI=1S/C27H46O.CH3NO3/c1-18(2)7-6-8-19(3)23-11-12-24-22-10-9-20-17-21(28)13-15-26(20,4)25(22)14-16-27(23,24)5;2-5-1(3)4/h9,18-19,21-25,28H,6-8,10-17H2,1-5H3;2H2,(H,3,4)/t19-,21+,22+,23-,24+,25+,26+,27-;/m1./s1. The quantitative estimate of drug-likeness (QED) is 0.303. The van der Waals surface area contributed by atoms with Gasteiger partial charge in [-0.15, -0.1) is 0 Å². The van der Waals surface area contributed by atoms with Crippen molar-refractivity contribution >= 4 is 6.16 Å². The Balaban J connectivity index is 0.000000555.